The fourth-order valence-electron chi connectivity index (χ4n) is 2.69. The van der Waals surface area contributed by atoms with Gasteiger partial charge in [0.15, 0.2) is 0 Å². The molecule has 19 heavy (non-hydrogen) atoms. The third-order valence-corrected chi connectivity index (χ3v) is 3.73. The highest BCUT2D eigenvalue weighted by molar-refractivity contribution is 5.92. The molecule has 1 saturated heterocycles. The molecule has 5 heteroatoms. The number of carboxylic acids is 1. The molecule has 0 atom stereocenters. The first-order valence-electron chi connectivity index (χ1n) is 6.93. The molecule has 0 bridgehead atoms. The van der Waals surface area contributed by atoms with Gasteiger partial charge >= 0.3 is 5.97 Å². The maximum atomic E-state index is 11.2. The molecule has 2 rings (SSSR count). The zero-order valence-electron chi connectivity index (χ0n) is 11.6. The minimum atomic E-state index is -0.953. The van der Waals surface area contributed by atoms with E-state index in [1.807, 2.05) is 0 Å². The smallest absolute Gasteiger partial charge is 0.341 e. The van der Waals surface area contributed by atoms with E-state index in [0.29, 0.717) is 11.6 Å². The summed E-state index contributed by atoms with van der Waals surface area (Å²) in [6.07, 6.45) is 6.14. The fraction of sp³-hybridized carbons (Fsp3) is 0.643. The van der Waals surface area contributed by atoms with Crippen LogP contribution in [0.2, 0.25) is 0 Å². The average molecular weight is 263 g/mol. The van der Waals surface area contributed by atoms with Gasteiger partial charge in [0.1, 0.15) is 17.2 Å². The predicted octanol–water partition coefficient (Wildman–Crippen LogP) is 2.50. The van der Waals surface area contributed by atoms with Crippen molar-refractivity contribution in [3.63, 3.8) is 0 Å². The normalized spacial score (nSPS) is 16.6. The number of carboxylic acid groups (broad SMARTS) is 1. The Balaban J connectivity index is 2.14. The first-order chi connectivity index (χ1) is 9.11. The number of nitrogens with zero attached hydrogens (tertiary/aromatic N) is 3. The molecule has 0 amide bonds. The van der Waals surface area contributed by atoms with E-state index in [4.69, 9.17) is 0 Å². The maximum Gasteiger partial charge on any atom is 0.341 e. The summed E-state index contributed by atoms with van der Waals surface area (Å²) >= 11 is 0. The molecule has 5 nitrogen and oxygen atoms in total. The summed E-state index contributed by atoms with van der Waals surface area (Å²) < 4.78 is 0. The summed E-state index contributed by atoms with van der Waals surface area (Å²) in [5, 5.41) is 9.22. The molecule has 2 heterocycles. The van der Waals surface area contributed by atoms with Gasteiger partial charge in [0.25, 0.3) is 0 Å². The van der Waals surface area contributed by atoms with Gasteiger partial charge < -0.3 is 10.0 Å². The van der Waals surface area contributed by atoms with Crippen molar-refractivity contribution < 1.29 is 9.90 Å². The van der Waals surface area contributed by atoms with Gasteiger partial charge in [-0.1, -0.05) is 19.8 Å². The van der Waals surface area contributed by atoms with Gasteiger partial charge in [-0.15, -0.1) is 0 Å². The SMILES string of the molecule is CCCC1CCN(c2nc(C)ncc2C(=O)O)CC1. The zero-order chi connectivity index (χ0) is 13.8. The van der Waals surface area contributed by atoms with E-state index in [1.165, 1.54) is 19.0 Å². The molecule has 0 saturated carbocycles. The minimum Gasteiger partial charge on any atom is -0.477 e. The standard InChI is InChI=1S/C14H21N3O2/c1-3-4-11-5-7-17(8-6-11)13-12(14(18)19)9-15-10(2)16-13/h9,11H,3-8H2,1-2H3,(H,18,19). The van der Waals surface area contributed by atoms with Crippen LogP contribution in [-0.2, 0) is 0 Å². The maximum absolute atomic E-state index is 11.2. The molecule has 0 radical (unpaired) electrons. The van der Waals surface area contributed by atoms with Crippen molar-refractivity contribution in [1.82, 2.24) is 9.97 Å². The molecule has 1 aliphatic rings. The van der Waals surface area contributed by atoms with E-state index in [0.717, 1.165) is 31.8 Å². The summed E-state index contributed by atoms with van der Waals surface area (Å²) in [4.78, 5) is 21.6. The summed E-state index contributed by atoms with van der Waals surface area (Å²) in [6.45, 7) is 5.78. The van der Waals surface area contributed by atoms with Crippen molar-refractivity contribution in [3.05, 3.63) is 17.6 Å². The van der Waals surface area contributed by atoms with Crippen LogP contribution in [0.5, 0.6) is 0 Å². The Kier molecular flexibility index (Phi) is 4.35. The Morgan fingerprint density at radius 1 is 1.47 bits per heavy atom. The molecule has 1 aromatic rings. The van der Waals surface area contributed by atoms with E-state index in [1.54, 1.807) is 6.92 Å². The number of anilines is 1. The molecular formula is C14H21N3O2. The van der Waals surface area contributed by atoms with Crippen molar-refractivity contribution in [2.75, 3.05) is 18.0 Å². The van der Waals surface area contributed by atoms with Crippen molar-refractivity contribution in [2.24, 2.45) is 5.92 Å². The summed E-state index contributed by atoms with van der Waals surface area (Å²) in [7, 11) is 0. The van der Waals surface area contributed by atoms with E-state index in [2.05, 4.69) is 21.8 Å². The van der Waals surface area contributed by atoms with Gasteiger partial charge in [0.05, 0.1) is 0 Å². The second-order valence-electron chi connectivity index (χ2n) is 5.18. The highest BCUT2D eigenvalue weighted by atomic mass is 16.4. The van der Waals surface area contributed by atoms with Crippen LogP contribution in [0, 0.1) is 12.8 Å². The molecular weight excluding hydrogens is 242 g/mol. The summed E-state index contributed by atoms with van der Waals surface area (Å²) in [5.74, 6) is 1.02. The number of piperidine rings is 1. The molecule has 0 aliphatic carbocycles. The number of hydrogen-bond donors (Lipinski definition) is 1. The van der Waals surface area contributed by atoms with Gasteiger partial charge in [-0.3, -0.25) is 0 Å². The third kappa shape index (κ3) is 3.22. The molecule has 1 aromatic heterocycles. The van der Waals surface area contributed by atoms with Crippen LogP contribution in [0.15, 0.2) is 6.20 Å². The Hall–Kier alpha value is -1.65. The largest absolute Gasteiger partial charge is 0.477 e. The van der Waals surface area contributed by atoms with Crippen molar-refractivity contribution in [2.45, 2.75) is 39.5 Å². The Morgan fingerprint density at radius 2 is 2.16 bits per heavy atom. The summed E-state index contributed by atoms with van der Waals surface area (Å²) in [5.41, 5.74) is 0.208. The van der Waals surface area contributed by atoms with Gasteiger partial charge in [0, 0.05) is 19.3 Å². The molecule has 1 aliphatic heterocycles. The number of aromatic nitrogens is 2. The van der Waals surface area contributed by atoms with Crippen LogP contribution < -0.4 is 4.90 Å². The second-order valence-corrected chi connectivity index (χ2v) is 5.18. The monoisotopic (exact) mass is 263 g/mol. The number of aromatic carboxylic acids is 1. The van der Waals surface area contributed by atoms with Crippen molar-refractivity contribution in [1.29, 1.82) is 0 Å². The van der Waals surface area contributed by atoms with E-state index in [-0.39, 0.29) is 5.56 Å². The van der Waals surface area contributed by atoms with Crippen LogP contribution >= 0.6 is 0 Å². The van der Waals surface area contributed by atoms with Crippen LogP contribution in [0.3, 0.4) is 0 Å². The topological polar surface area (TPSA) is 66.3 Å². The highest BCUT2D eigenvalue weighted by Crippen LogP contribution is 2.26. The Labute approximate surface area is 113 Å². The Bertz CT molecular complexity index is 454. The number of aryl methyl sites for hydroxylation is 1. The fourth-order valence-corrected chi connectivity index (χ4v) is 2.69. The van der Waals surface area contributed by atoms with Crippen molar-refractivity contribution in [3.8, 4) is 0 Å². The quantitative estimate of drug-likeness (QED) is 0.904. The second kappa shape index (κ2) is 5.99. The zero-order valence-corrected chi connectivity index (χ0v) is 11.6. The van der Waals surface area contributed by atoms with Crippen LogP contribution in [0.25, 0.3) is 0 Å². The van der Waals surface area contributed by atoms with Gasteiger partial charge in [-0.2, -0.15) is 0 Å². The lowest BCUT2D eigenvalue weighted by molar-refractivity contribution is 0.0696. The van der Waals surface area contributed by atoms with Crippen LogP contribution in [0.4, 0.5) is 5.82 Å². The van der Waals surface area contributed by atoms with E-state index in [9.17, 15) is 9.90 Å². The molecule has 0 spiro atoms. The van der Waals surface area contributed by atoms with Crippen LogP contribution in [0.1, 0.15) is 48.8 Å². The molecule has 0 aromatic carbocycles. The molecule has 1 N–H and O–H groups in total. The molecule has 1 fully saturated rings. The van der Waals surface area contributed by atoms with E-state index >= 15 is 0 Å². The highest BCUT2D eigenvalue weighted by Gasteiger charge is 2.23. The minimum absolute atomic E-state index is 0.208. The predicted molar refractivity (Wildman–Crippen MR) is 73.6 cm³/mol. The lowest BCUT2D eigenvalue weighted by Gasteiger charge is -2.33. The molecule has 0 unspecified atom stereocenters. The van der Waals surface area contributed by atoms with Gasteiger partial charge in [0.2, 0.25) is 0 Å². The first-order valence-corrected chi connectivity index (χ1v) is 6.93. The number of rotatable bonds is 4. The number of carbonyl (C=O) groups is 1. The number of hydrogen-bond acceptors (Lipinski definition) is 4. The summed E-state index contributed by atoms with van der Waals surface area (Å²) in [6, 6.07) is 0. The molecule has 104 valence electrons. The van der Waals surface area contributed by atoms with Gasteiger partial charge in [-0.05, 0) is 25.7 Å². The lowest BCUT2D eigenvalue weighted by Crippen LogP contribution is -2.35. The Morgan fingerprint density at radius 3 is 2.74 bits per heavy atom. The lowest BCUT2D eigenvalue weighted by atomic mass is 9.92. The average Bonchev–Trinajstić information content (AvgIpc) is 2.39. The van der Waals surface area contributed by atoms with Crippen molar-refractivity contribution >= 4 is 11.8 Å². The third-order valence-electron chi connectivity index (χ3n) is 3.73. The van der Waals surface area contributed by atoms with Crippen LogP contribution in [-0.4, -0.2) is 34.1 Å². The van der Waals surface area contributed by atoms with E-state index < -0.39 is 5.97 Å². The van der Waals surface area contributed by atoms with Gasteiger partial charge in [-0.25, -0.2) is 14.8 Å². The first kappa shape index (κ1) is 13.8.